The van der Waals surface area contributed by atoms with Crippen molar-refractivity contribution in [1.82, 2.24) is 9.97 Å². The van der Waals surface area contributed by atoms with Crippen molar-refractivity contribution in [3.63, 3.8) is 0 Å². The summed E-state index contributed by atoms with van der Waals surface area (Å²) in [6.07, 6.45) is 0. The van der Waals surface area contributed by atoms with E-state index in [1.54, 1.807) is 24.3 Å². The molecular weight excluding hydrogens is 342 g/mol. The maximum absolute atomic E-state index is 8.69. The summed E-state index contributed by atoms with van der Waals surface area (Å²) in [7, 11) is 0. The number of nitrogens with zero attached hydrogens (tertiary/aromatic N) is 3. The highest BCUT2D eigenvalue weighted by Gasteiger charge is 2.08. The average Bonchev–Trinajstić information content (AvgIpc) is 2.47. The molecule has 0 atom stereocenters. The fourth-order valence-electron chi connectivity index (χ4n) is 1.25. The van der Waals surface area contributed by atoms with E-state index >= 15 is 0 Å². The van der Waals surface area contributed by atoms with E-state index < -0.39 is 0 Å². The van der Waals surface area contributed by atoms with Crippen LogP contribution in [0.2, 0.25) is 5.15 Å². The quantitative estimate of drug-likeness (QED) is 0.792. The Morgan fingerprint density at radius 2 is 1.85 bits per heavy atom. The second-order valence-corrected chi connectivity index (χ2v) is 4.50. The molecule has 0 unspecified atom stereocenters. The first kappa shape index (κ1) is 16.2. The maximum Gasteiger partial charge on any atom is 0.230 e. The Morgan fingerprint density at radius 3 is 2.35 bits per heavy atom. The van der Waals surface area contributed by atoms with Crippen LogP contribution in [0, 0.1) is 11.3 Å². The van der Waals surface area contributed by atoms with E-state index in [4.69, 9.17) is 22.6 Å². The lowest BCUT2D eigenvalue weighted by molar-refractivity contribution is 1.16. The molecule has 0 aliphatic heterocycles. The third kappa shape index (κ3) is 4.08. The maximum atomic E-state index is 8.69. The normalized spacial score (nSPS) is 9.15. The van der Waals surface area contributed by atoms with Crippen molar-refractivity contribution in [3.05, 3.63) is 39.5 Å². The number of hydrogen-bond donors (Lipinski definition) is 2. The number of nitrogens with two attached hydrogens (primary N) is 1. The lowest BCUT2D eigenvalue weighted by Gasteiger charge is -2.07. The number of hydrogen-bond acceptors (Lipinski definition) is 5. The molecule has 104 valence electrons. The zero-order valence-corrected chi connectivity index (χ0v) is 13.3. The number of anilines is 3. The second-order valence-electron chi connectivity index (χ2n) is 3.35. The number of benzene rings is 1. The van der Waals surface area contributed by atoms with Gasteiger partial charge in [0, 0.05) is 5.69 Å². The minimum absolute atomic E-state index is 0.235. The summed E-state index contributed by atoms with van der Waals surface area (Å²) < 4.78 is 0.467. The molecule has 1 heterocycles. The van der Waals surface area contributed by atoms with Crippen molar-refractivity contribution in [2.24, 2.45) is 0 Å². The molecule has 0 spiro atoms. The van der Waals surface area contributed by atoms with Gasteiger partial charge in [-0.1, -0.05) is 25.4 Å². The molecule has 1 aromatic heterocycles. The van der Waals surface area contributed by atoms with E-state index in [-0.39, 0.29) is 11.0 Å². The summed E-state index contributed by atoms with van der Waals surface area (Å²) in [5.74, 6) is 0.552. The molecule has 0 saturated carbocycles. The largest absolute Gasteiger partial charge is 0.383 e. The molecule has 20 heavy (non-hydrogen) atoms. The lowest BCUT2D eigenvalue weighted by atomic mass is 10.2. The molecule has 1 aromatic carbocycles. The Labute approximate surface area is 130 Å². The SMILES string of the molecule is CC.N#Cc1ccc(Nc2nc(N)c(Br)c(Cl)n2)cc1. The number of rotatable bonds is 2. The van der Waals surface area contributed by atoms with E-state index in [1.165, 1.54) is 0 Å². The number of nitriles is 1. The minimum Gasteiger partial charge on any atom is -0.383 e. The van der Waals surface area contributed by atoms with Crippen LogP contribution in [-0.2, 0) is 0 Å². The molecule has 0 radical (unpaired) electrons. The van der Waals surface area contributed by atoms with Gasteiger partial charge in [0.1, 0.15) is 5.82 Å². The van der Waals surface area contributed by atoms with Gasteiger partial charge in [0.2, 0.25) is 5.95 Å². The van der Waals surface area contributed by atoms with Crippen LogP contribution in [0.3, 0.4) is 0 Å². The second kappa shape index (κ2) is 7.68. The van der Waals surface area contributed by atoms with Gasteiger partial charge in [-0.05, 0) is 40.2 Å². The lowest BCUT2D eigenvalue weighted by Crippen LogP contribution is -2.01. The Hall–Kier alpha value is -1.84. The predicted octanol–water partition coefficient (Wildman–Crippen LogP) is 4.12. The molecule has 0 fully saturated rings. The third-order valence-corrected chi connectivity index (χ3v) is 3.39. The molecule has 3 N–H and O–H groups in total. The predicted molar refractivity (Wildman–Crippen MR) is 84.9 cm³/mol. The van der Waals surface area contributed by atoms with Crippen molar-refractivity contribution >= 4 is 45.0 Å². The van der Waals surface area contributed by atoms with Gasteiger partial charge in [0.15, 0.2) is 5.15 Å². The van der Waals surface area contributed by atoms with Crippen molar-refractivity contribution in [1.29, 1.82) is 5.26 Å². The number of halogens is 2. The number of nitrogen functional groups attached to an aromatic ring is 1. The van der Waals surface area contributed by atoms with Gasteiger partial charge in [0.25, 0.3) is 0 Å². The van der Waals surface area contributed by atoms with E-state index in [9.17, 15) is 0 Å². The van der Waals surface area contributed by atoms with Crippen LogP contribution in [0.1, 0.15) is 19.4 Å². The topological polar surface area (TPSA) is 87.6 Å². The molecule has 7 heteroatoms. The molecule has 2 aromatic rings. The summed E-state index contributed by atoms with van der Waals surface area (Å²) in [6.45, 7) is 4.00. The number of aromatic nitrogens is 2. The van der Waals surface area contributed by atoms with E-state index in [0.717, 1.165) is 5.69 Å². The molecular formula is C13H13BrClN5. The average molecular weight is 355 g/mol. The van der Waals surface area contributed by atoms with Gasteiger partial charge < -0.3 is 11.1 Å². The van der Waals surface area contributed by atoms with Crippen molar-refractivity contribution in [2.75, 3.05) is 11.1 Å². The first-order chi connectivity index (χ1) is 9.60. The van der Waals surface area contributed by atoms with Crippen LogP contribution in [0.25, 0.3) is 0 Å². The van der Waals surface area contributed by atoms with Crippen LogP contribution in [-0.4, -0.2) is 9.97 Å². The van der Waals surface area contributed by atoms with E-state index in [1.807, 2.05) is 19.9 Å². The molecule has 0 aliphatic carbocycles. The van der Waals surface area contributed by atoms with Crippen LogP contribution < -0.4 is 11.1 Å². The van der Waals surface area contributed by atoms with Crippen LogP contribution >= 0.6 is 27.5 Å². The van der Waals surface area contributed by atoms with Crippen LogP contribution in [0.15, 0.2) is 28.7 Å². The molecule has 2 rings (SSSR count). The van der Waals surface area contributed by atoms with Crippen LogP contribution in [0.5, 0.6) is 0 Å². The first-order valence-corrected chi connectivity index (χ1v) is 7.03. The highest BCUT2D eigenvalue weighted by Crippen LogP contribution is 2.27. The zero-order valence-electron chi connectivity index (χ0n) is 11.0. The smallest absolute Gasteiger partial charge is 0.230 e. The highest BCUT2D eigenvalue weighted by molar-refractivity contribution is 9.10. The fraction of sp³-hybridized carbons (Fsp3) is 0.154. The van der Waals surface area contributed by atoms with Crippen molar-refractivity contribution in [2.45, 2.75) is 13.8 Å². The summed E-state index contributed by atoms with van der Waals surface area (Å²) in [4.78, 5) is 8.05. The Bertz CT molecular complexity index is 599. The Morgan fingerprint density at radius 1 is 1.25 bits per heavy atom. The summed E-state index contributed by atoms with van der Waals surface area (Å²) >= 11 is 9.04. The summed E-state index contributed by atoms with van der Waals surface area (Å²) in [5.41, 5.74) is 6.98. The zero-order chi connectivity index (χ0) is 15.1. The molecule has 0 bridgehead atoms. The van der Waals surface area contributed by atoms with Crippen molar-refractivity contribution in [3.8, 4) is 6.07 Å². The summed E-state index contributed by atoms with van der Waals surface area (Å²) in [6, 6.07) is 8.90. The van der Waals surface area contributed by atoms with Gasteiger partial charge in [-0.2, -0.15) is 15.2 Å². The molecule has 0 aliphatic rings. The van der Waals surface area contributed by atoms with Gasteiger partial charge in [-0.15, -0.1) is 0 Å². The summed E-state index contributed by atoms with van der Waals surface area (Å²) in [5, 5.41) is 11.9. The minimum atomic E-state index is 0.235. The fourth-order valence-corrected chi connectivity index (χ4v) is 1.60. The van der Waals surface area contributed by atoms with Gasteiger partial charge in [0.05, 0.1) is 16.1 Å². The van der Waals surface area contributed by atoms with E-state index in [2.05, 4.69) is 31.2 Å². The Balaban J connectivity index is 0.000000956. The molecule has 0 amide bonds. The highest BCUT2D eigenvalue weighted by atomic mass is 79.9. The van der Waals surface area contributed by atoms with Gasteiger partial charge in [-0.3, -0.25) is 0 Å². The monoisotopic (exact) mass is 353 g/mol. The van der Waals surface area contributed by atoms with Crippen molar-refractivity contribution < 1.29 is 0 Å². The molecule has 0 saturated heterocycles. The molecule has 5 nitrogen and oxygen atoms in total. The third-order valence-electron chi connectivity index (χ3n) is 2.11. The van der Waals surface area contributed by atoms with Gasteiger partial charge >= 0.3 is 0 Å². The van der Waals surface area contributed by atoms with Gasteiger partial charge in [-0.25, -0.2) is 0 Å². The van der Waals surface area contributed by atoms with E-state index in [0.29, 0.717) is 16.0 Å². The first-order valence-electron chi connectivity index (χ1n) is 5.86. The Kier molecular flexibility index (Phi) is 6.22. The number of nitrogens with one attached hydrogen (secondary N) is 1. The van der Waals surface area contributed by atoms with Crippen LogP contribution in [0.4, 0.5) is 17.5 Å². The standard InChI is InChI=1S/C11H7BrClN5.C2H6/c12-8-9(13)17-11(18-10(8)15)16-7-3-1-6(5-14)2-4-7;1-2/h1-4H,(H3,15,16,17,18);1-2H3.